The van der Waals surface area contributed by atoms with Crippen LogP contribution in [-0.4, -0.2) is 18.6 Å². The lowest BCUT2D eigenvalue weighted by molar-refractivity contribution is 0.0892. The molecule has 1 atom stereocenters. The van der Waals surface area contributed by atoms with Crippen LogP contribution in [0.1, 0.15) is 49.9 Å². The molecule has 22 heavy (non-hydrogen) atoms. The van der Waals surface area contributed by atoms with Crippen LogP contribution in [0.4, 0.5) is 0 Å². The van der Waals surface area contributed by atoms with E-state index in [-0.39, 0.29) is 17.6 Å². The first-order valence-corrected chi connectivity index (χ1v) is 7.35. The van der Waals surface area contributed by atoms with Crippen LogP contribution in [0.5, 0.6) is 0 Å². The summed E-state index contributed by atoms with van der Waals surface area (Å²) in [6.45, 7) is 7.79. The van der Waals surface area contributed by atoms with E-state index in [1.165, 1.54) is 0 Å². The van der Waals surface area contributed by atoms with Gasteiger partial charge in [-0.15, -0.1) is 0 Å². The molecule has 118 valence electrons. The van der Waals surface area contributed by atoms with Crippen molar-refractivity contribution in [2.45, 2.75) is 39.3 Å². The highest BCUT2D eigenvalue weighted by molar-refractivity contribution is 5.92. The minimum atomic E-state index is -0.294. The third-order valence-electron chi connectivity index (χ3n) is 3.31. The van der Waals surface area contributed by atoms with Gasteiger partial charge in [0.05, 0.1) is 6.10 Å². The van der Waals surface area contributed by atoms with E-state index in [1.807, 2.05) is 58.0 Å². The number of furan rings is 1. The number of methoxy groups -OCH3 is 1. The Labute approximate surface area is 131 Å². The summed E-state index contributed by atoms with van der Waals surface area (Å²) in [5.41, 5.74) is 1.70. The van der Waals surface area contributed by atoms with Crippen molar-refractivity contribution in [3.63, 3.8) is 0 Å². The minimum absolute atomic E-state index is 0.0126. The number of ether oxygens (including phenoxy) is 1. The highest BCUT2D eigenvalue weighted by Crippen LogP contribution is 2.26. The molecular formula is C18H23NO3. The molecule has 0 saturated heterocycles. The summed E-state index contributed by atoms with van der Waals surface area (Å²) < 4.78 is 11.0. The van der Waals surface area contributed by atoms with Crippen LogP contribution in [-0.2, 0) is 4.74 Å². The van der Waals surface area contributed by atoms with Gasteiger partial charge in [0, 0.05) is 18.2 Å². The van der Waals surface area contributed by atoms with Crippen LogP contribution in [0.15, 0.2) is 40.8 Å². The molecule has 4 nitrogen and oxygen atoms in total. The molecule has 0 fully saturated rings. The molecule has 0 bridgehead atoms. The van der Waals surface area contributed by atoms with Gasteiger partial charge in [-0.1, -0.05) is 18.2 Å². The summed E-state index contributed by atoms with van der Waals surface area (Å²) in [6.07, 6.45) is 0.0126. The molecule has 1 heterocycles. The second-order valence-corrected chi connectivity index (χ2v) is 6.37. The van der Waals surface area contributed by atoms with Gasteiger partial charge < -0.3 is 14.5 Å². The van der Waals surface area contributed by atoms with E-state index in [1.54, 1.807) is 13.2 Å². The maximum Gasteiger partial charge on any atom is 0.287 e. The minimum Gasteiger partial charge on any atom is -0.451 e. The molecule has 0 spiro atoms. The summed E-state index contributed by atoms with van der Waals surface area (Å²) in [5.74, 6) is 0.777. The number of carbonyl (C=O) groups excluding carboxylic acids is 1. The first-order chi connectivity index (χ1) is 10.3. The SMILES string of the molecule is CO[C@H](C)c1cccc(-c2ccc(C(=O)NC(C)(C)C)o2)c1. The molecule has 2 rings (SSSR count). The molecule has 1 N–H and O–H groups in total. The fourth-order valence-corrected chi connectivity index (χ4v) is 2.10. The fraction of sp³-hybridized carbons (Fsp3) is 0.389. The van der Waals surface area contributed by atoms with E-state index in [9.17, 15) is 4.79 Å². The maximum absolute atomic E-state index is 12.1. The van der Waals surface area contributed by atoms with E-state index in [0.717, 1.165) is 11.1 Å². The Hall–Kier alpha value is -2.07. The van der Waals surface area contributed by atoms with E-state index in [2.05, 4.69) is 5.32 Å². The molecule has 1 aromatic heterocycles. The van der Waals surface area contributed by atoms with Crippen LogP contribution < -0.4 is 5.32 Å². The van der Waals surface area contributed by atoms with Crippen LogP contribution >= 0.6 is 0 Å². The molecule has 0 aliphatic carbocycles. The van der Waals surface area contributed by atoms with Crippen molar-refractivity contribution in [2.75, 3.05) is 7.11 Å². The molecule has 2 aromatic rings. The number of benzene rings is 1. The normalized spacial score (nSPS) is 13.0. The van der Waals surface area contributed by atoms with Gasteiger partial charge in [0.2, 0.25) is 0 Å². The smallest absolute Gasteiger partial charge is 0.287 e. The largest absolute Gasteiger partial charge is 0.451 e. The van der Waals surface area contributed by atoms with Gasteiger partial charge in [-0.3, -0.25) is 4.79 Å². The van der Waals surface area contributed by atoms with Crippen molar-refractivity contribution in [3.05, 3.63) is 47.7 Å². The van der Waals surface area contributed by atoms with Crippen LogP contribution in [0, 0.1) is 0 Å². The van der Waals surface area contributed by atoms with Crippen LogP contribution in [0.2, 0.25) is 0 Å². The molecule has 0 unspecified atom stereocenters. The topological polar surface area (TPSA) is 51.5 Å². The molecule has 4 heteroatoms. The highest BCUT2D eigenvalue weighted by atomic mass is 16.5. The van der Waals surface area contributed by atoms with Crippen molar-refractivity contribution in [3.8, 4) is 11.3 Å². The molecule has 0 radical (unpaired) electrons. The Bertz CT molecular complexity index is 652. The number of hydrogen-bond acceptors (Lipinski definition) is 3. The average Bonchev–Trinajstić information content (AvgIpc) is 2.95. The van der Waals surface area contributed by atoms with E-state index >= 15 is 0 Å². The zero-order chi connectivity index (χ0) is 16.3. The molecule has 0 aliphatic rings. The molecule has 0 saturated carbocycles. The Morgan fingerprint density at radius 2 is 1.95 bits per heavy atom. The van der Waals surface area contributed by atoms with Gasteiger partial charge in [-0.2, -0.15) is 0 Å². The summed E-state index contributed by atoms with van der Waals surface area (Å²) in [5, 5.41) is 2.89. The van der Waals surface area contributed by atoms with Crippen molar-refractivity contribution < 1.29 is 13.9 Å². The zero-order valence-electron chi connectivity index (χ0n) is 13.8. The second kappa shape index (κ2) is 6.36. The number of carbonyl (C=O) groups is 1. The van der Waals surface area contributed by atoms with Gasteiger partial charge in [0.1, 0.15) is 5.76 Å². The van der Waals surface area contributed by atoms with Gasteiger partial charge in [-0.05, 0) is 51.5 Å². The lowest BCUT2D eigenvalue weighted by Gasteiger charge is -2.19. The lowest BCUT2D eigenvalue weighted by Crippen LogP contribution is -2.40. The highest BCUT2D eigenvalue weighted by Gasteiger charge is 2.18. The molecular weight excluding hydrogens is 278 g/mol. The Balaban J connectivity index is 2.23. The van der Waals surface area contributed by atoms with Crippen LogP contribution in [0.25, 0.3) is 11.3 Å². The van der Waals surface area contributed by atoms with E-state index in [0.29, 0.717) is 11.5 Å². The fourth-order valence-electron chi connectivity index (χ4n) is 2.10. The monoisotopic (exact) mass is 301 g/mol. The van der Waals surface area contributed by atoms with Crippen molar-refractivity contribution in [1.29, 1.82) is 0 Å². The quantitative estimate of drug-likeness (QED) is 0.921. The summed E-state index contributed by atoms with van der Waals surface area (Å²) in [6, 6.07) is 11.4. The Morgan fingerprint density at radius 1 is 1.23 bits per heavy atom. The van der Waals surface area contributed by atoms with Crippen molar-refractivity contribution in [2.24, 2.45) is 0 Å². The third kappa shape index (κ3) is 3.98. The molecule has 1 aromatic carbocycles. The Kier molecular flexibility index (Phi) is 4.71. The Morgan fingerprint density at radius 3 is 2.59 bits per heavy atom. The van der Waals surface area contributed by atoms with E-state index in [4.69, 9.17) is 9.15 Å². The van der Waals surface area contributed by atoms with Crippen molar-refractivity contribution >= 4 is 5.91 Å². The summed E-state index contributed by atoms with van der Waals surface area (Å²) in [4.78, 5) is 12.1. The second-order valence-electron chi connectivity index (χ2n) is 6.37. The number of hydrogen-bond donors (Lipinski definition) is 1. The molecule has 0 aliphatic heterocycles. The summed E-state index contributed by atoms with van der Waals surface area (Å²) in [7, 11) is 1.68. The number of nitrogens with one attached hydrogen (secondary N) is 1. The predicted molar refractivity (Wildman–Crippen MR) is 86.8 cm³/mol. The predicted octanol–water partition coefficient (Wildman–Crippen LogP) is 4.18. The lowest BCUT2D eigenvalue weighted by atomic mass is 10.1. The first-order valence-electron chi connectivity index (χ1n) is 7.35. The van der Waals surface area contributed by atoms with E-state index < -0.39 is 0 Å². The standard InChI is InChI=1S/C18H23NO3/c1-12(21-5)13-7-6-8-14(11-13)15-9-10-16(22-15)17(20)19-18(2,3)4/h6-12H,1-5H3,(H,19,20)/t12-/m1/s1. The first kappa shape index (κ1) is 16.3. The zero-order valence-corrected chi connectivity index (χ0v) is 13.8. The maximum atomic E-state index is 12.1. The van der Waals surface area contributed by atoms with Gasteiger partial charge >= 0.3 is 0 Å². The third-order valence-corrected chi connectivity index (χ3v) is 3.31. The van der Waals surface area contributed by atoms with Crippen molar-refractivity contribution in [1.82, 2.24) is 5.32 Å². The number of rotatable bonds is 4. The van der Waals surface area contributed by atoms with Crippen LogP contribution in [0.3, 0.4) is 0 Å². The average molecular weight is 301 g/mol. The van der Waals surface area contributed by atoms with Gasteiger partial charge in [0.25, 0.3) is 5.91 Å². The summed E-state index contributed by atoms with van der Waals surface area (Å²) >= 11 is 0. The van der Waals surface area contributed by atoms with Gasteiger partial charge in [0.15, 0.2) is 5.76 Å². The van der Waals surface area contributed by atoms with Gasteiger partial charge in [-0.25, -0.2) is 0 Å². The molecule has 1 amide bonds. The number of amides is 1.